The first-order valence-electron chi connectivity index (χ1n) is 11.3. The molecular formula is C24H40O6Si. The van der Waals surface area contributed by atoms with Crippen molar-refractivity contribution in [2.24, 2.45) is 0 Å². The highest BCUT2D eigenvalue weighted by Crippen LogP contribution is 2.41. The second-order valence-corrected chi connectivity index (χ2v) is 13.8. The molecule has 2 unspecified atom stereocenters. The van der Waals surface area contributed by atoms with Gasteiger partial charge in [-0.2, -0.15) is 0 Å². The smallest absolute Gasteiger partial charge is 0.306 e. The summed E-state index contributed by atoms with van der Waals surface area (Å²) < 4.78 is 17.5. The van der Waals surface area contributed by atoms with Gasteiger partial charge in [0, 0.05) is 14.4 Å². The second kappa shape index (κ2) is 10.8. The normalized spacial score (nSPS) is 17.9. The first kappa shape index (κ1) is 25.7. The Morgan fingerprint density at radius 1 is 1.23 bits per heavy atom. The summed E-state index contributed by atoms with van der Waals surface area (Å²) >= 11 is 0. The van der Waals surface area contributed by atoms with E-state index in [2.05, 4.69) is 27.3 Å². The largest absolute Gasteiger partial charge is 0.496 e. The third-order valence-electron chi connectivity index (χ3n) is 6.75. The summed E-state index contributed by atoms with van der Waals surface area (Å²) in [4.78, 5) is 11.6. The van der Waals surface area contributed by atoms with Crippen molar-refractivity contribution in [2.75, 3.05) is 14.2 Å². The molecule has 1 aromatic carbocycles. The molecule has 1 aliphatic carbocycles. The van der Waals surface area contributed by atoms with Gasteiger partial charge in [-0.05, 0) is 48.0 Å². The van der Waals surface area contributed by atoms with E-state index < -0.39 is 27.0 Å². The van der Waals surface area contributed by atoms with Gasteiger partial charge in [0.1, 0.15) is 17.6 Å². The van der Waals surface area contributed by atoms with Crippen molar-refractivity contribution < 1.29 is 29.2 Å². The molecular weight excluding hydrogens is 412 g/mol. The van der Waals surface area contributed by atoms with Gasteiger partial charge in [-0.3, -0.25) is 4.79 Å². The zero-order valence-corrected chi connectivity index (χ0v) is 21.3. The van der Waals surface area contributed by atoms with E-state index in [-0.39, 0.29) is 17.6 Å². The van der Waals surface area contributed by atoms with E-state index in [0.717, 1.165) is 42.9 Å². The molecule has 0 amide bonds. The molecule has 6 nitrogen and oxygen atoms in total. The van der Waals surface area contributed by atoms with Crippen LogP contribution in [-0.4, -0.2) is 51.4 Å². The third kappa shape index (κ3) is 6.46. The van der Waals surface area contributed by atoms with Crippen LogP contribution in [0.25, 0.3) is 0 Å². The summed E-state index contributed by atoms with van der Waals surface area (Å²) in [5.41, 5.74) is 2.50. The fourth-order valence-corrected chi connectivity index (χ4v) is 5.91. The average molecular weight is 453 g/mol. The van der Waals surface area contributed by atoms with Crippen LogP contribution in [0.5, 0.6) is 11.5 Å². The van der Waals surface area contributed by atoms with Crippen LogP contribution in [0.15, 0.2) is 6.07 Å². The van der Waals surface area contributed by atoms with Crippen LogP contribution < -0.4 is 9.47 Å². The molecule has 176 valence electrons. The minimum absolute atomic E-state index is 0.000404. The van der Waals surface area contributed by atoms with Crippen molar-refractivity contribution in [3.63, 3.8) is 0 Å². The lowest BCUT2D eigenvalue weighted by molar-refractivity contribution is -0.146. The van der Waals surface area contributed by atoms with Crippen LogP contribution in [0.3, 0.4) is 0 Å². The number of carboxylic acid groups (broad SMARTS) is 1. The molecule has 0 saturated heterocycles. The van der Waals surface area contributed by atoms with Crippen LogP contribution in [0, 0.1) is 6.92 Å². The Bertz CT molecular complexity index is 751. The predicted molar refractivity (Wildman–Crippen MR) is 125 cm³/mol. The number of aliphatic carboxylic acids is 1. The molecule has 2 N–H and O–H groups in total. The number of hydrogen-bond donors (Lipinski definition) is 2. The Morgan fingerprint density at radius 2 is 1.84 bits per heavy atom. The standard InChI is InChI=1S/C24H40O6Si/c1-15-19(28-5)12-17(18(23(15)29-6)14-31(7)24(2,3)4)22(27)20(13-21(25)26)30-16-10-8-9-11-16/h12,16,20,22,27,31H,8-11,13-14H2,1-7H3,(H,25,26)/t20-,22?,31?/m0/s1. The fourth-order valence-electron chi connectivity index (χ4n) is 4.26. The van der Waals surface area contributed by atoms with Gasteiger partial charge in [0.2, 0.25) is 0 Å². The molecule has 7 heteroatoms. The number of carboxylic acids is 1. The van der Waals surface area contributed by atoms with Crippen LogP contribution in [0.1, 0.15) is 75.7 Å². The van der Waals surface area contributed by atoms with E-state index in [1.54, 1.807) is 14.2 Å². The van der Waals surface area contributed by atoms with E-state index in [9.17, 15) is 15.0 Å². The molecule has 0 aromatic heterocycles. The van der Waals surface area contributed by atoms with Crippen molar-refractivity contribution >= 4 is 14.8 Å². The highest BCUT2D eigenvalue weighted by molar-refractivity contribution is 6.60. The van der Waals surface area contributed by atoms with E-state index >= 15 is 0 Å². The number of benzene rings is 1. The quantitative estimate of drug-likeness (QED) is 0.505. The third-order valence-corrected chi connectivity index (χ3v) is 10.7. The van der Waals surface area contributed by atoms with Gasteiger partial charge in [0.15, 0.2) is 0 Å². The molecule has 31 heavy (non-hydrogen) atoms. The van der Waals surface area contributed by atoms with E-state index in [0.29, 0.717) is 17.1 Å². The molecule has 2 rings (SSSR count). The molecule has 0 spiro atoms. The van der Waals surface area contributed by atoms with Crippen molar-refractivity contribution in [1.82, 2.24) is 0 Å². The maximum atomic E-state index is 11.6. The lowest BCUT2D eigenvalue weighted by Gasteiger charge is -2.31. The molecule has 0 aliphatic heterocycles. The number of methoxy groups -OCH3 is 2. The molecule has 1 aromatic rings. The monoisotopic (exact) mass is 452 g/mol. The van der Waals surface area contributed by atoms with Crippen LogP contribution in [0.2, 0.25) is 11.6 Å². The summed E-state index contributed by atoms with van der Waals surface area (Å²) in [5, 5.41) is 21.1. The van der Waals surface area contributed by atoms with Gasteiger partial charge in [-0.15, -0.1) is 0 Å². The first-order valence-corrected chi connectivity index (χ1v) is 13.8. The van der Waals surface area contributed by atoms with Crippen LogP contribution in [0.4, 0.5) is 0 Å². The minimum Gasteiger partial charge on any atom is -0.496 e. The Labute approximate surface area is 188 Å². The molecule has 0 heterocycles. The zero-order chi connectivity index (χ0) is 23.3. The molecule has 0 radical (unpaired) electrons. The molecule has 3 atom stereocenters. The van der Waals surface area contributed by atoms with Gasteiger partial charge in [0.05, 0.1) is 32.8 Å². The van der Waals surface area contributed by atoms with E-state index in [1.165, 1.54) is 0 Å². The Morgan fingerprint density at radius 3 is 2.32 bits per heavy atom. The topological polar surface area (TPSA) is 85.2 Å². The summed E-state index contributed by atoms with van der Waals surface area (Å²) in [5.74, 6) is 0.355. The lowest BCUT2D eigenvalue weighted by atomic mass is 9.94. The molecule has 1 aliphatic rings. The van der Waals surface area contributed by atoms with Gasteiger partial charge >= 0.3 is 5.97 Å². The number of aliphatic hydroxyl groups is 1. The minimum atomic E-state index is -1.25. The Hall–Kier alpha value is -1.57. The number of rotatable bonds is 10. The van der Waals surface area contributed by atoms with Crippen molar-refractivity contribution in [1.29, 1.82) is 0 Å². The van der Waals surface area contributed by atoms with Crippen molar-refractivity contribution in [3.8, 4) is 11.5 Å². The van der Waals surface area contributed by atoms with Gasteiger partial charge in [-0.1, -0.05) is 40.2 Å². The Kier molecular flexibility index (Phi) is 8.98. The van der Waals surface area contributed by atoms with E-state index in [1.807, 2.05) is 13.0 Å². The maximum absolute atomic E-state index is 11.6. The SMILES string of the molecule is COc1cc(C(O)[C@H](CC(=O)O)OC2CCCC2)c(C[SiH](C)C(C)(C)C)c(OC)c1C. The average Bonchev–Trinajstić information content (AvgIpc) is 3.19. The first-order chi connectivity index (χ1) is 14.5. The number of aliphatic hydroxyl groups excluding tert-OH is 1. The molecule has 1 fully saturated rings. The highest BCUT2D eigenvalue weighted by Gasteiger charge is 2.34. The van der Waals surface area contributed by atoms with Gasteiger partial charge in [0.25, 0.3) is 0 Å². The number of carbonyl (C=O) groups is 1. The summed E-state index contributed by atoms with van der Waals surface area (Å²) in [7, 11) is 1.97. The van der Waals surface area contributed by atoms with E-state index in [4.69, 9.17) is 14.2 Å². The number of ether oxygens (including phenoxy) is 3. The van der Waals surface area contributed by atoms with Crippen LogP contribution in [-0.2, 0) is 15.6 Å². The molecule has 0 bridgehead atoms. The second-order valence-electron chi connectivity index (χ2n) is 9.90. The molecule has 1 saturated carbocycles. The predicted octanol–water partition coefficient (Wildman–Crippen LogP) is 4.59. The maximum Gasteiger partial charge on any atom is 0.306 e. The van der Waals surface area contributed by atoms with Crippen molar-refractivity contribution in [2.45, 2.75) is 95.7 Å². The van der Waals surface area contributed by atoms with Crippen LogP contribution >= 0.6 is 0 Å². The number of hydrogen-bond acceptors (Lipinski definition) is 5. The summed E-state index contributed by atoms with van der Waals surface area (Å²) in [6.45, 7) is 11.0. The van der Waals surface area contributed by atoms with Gasteiger partial charge in [-0.25, -0.2) is 0 Å². The highest BCUT2D eigenvalue weighted by atomic mass is 28.3. The fraction of sp³-hybridized carbons (Fsp3) is 0.708. The zero-order valence-electron chi connectivity index (χ0n) is 20.2. The summed E-state index contributed by atoms with van der Waals surface area (Å²) in [6.07, 6.45) is 1.83. The lowest BCUT2D eigenvalue weighted by Crippen LogP contribution is -2.31. The summed E-state index contributed by atoms with van der Waals surface area (Å²) in [6, 6.07) is 2.67. The van der Waals surface area contributed by atoms with Crippen molar-refractivity contribution in [3.05, 3.63) is 22.8 Å². The Balaban J connectivity index is 2.54. The van der Waals surface area contributed by atoms with Gasteiger partial charge < -0.3 is 24.4 Å².